The van der Waals surface area contributed by atoms with Gasteiger partial charge < -0.3 is 15.7 Å². The molecule has 1 rings (SSSR count). The monoisotopic (exact) mass is 342 g/mol. The first-order valence-electron chi connectivity index (χ1n) is 6.33. The summed E-state index contributed by atoms with van der Waals surface area (Å²) in [5.41, 5.74) is 2.80. The number of amides is 2. The topological polar surface area (TPSA) is 78.4 Å². The number of hydrogen-bond acceptors (Lipinski definition) is 2. The Morgan fingerprint density at radius 3 is 2.35 bits per heavy atom. The molecule has 3 N–H and O–H groups in total. The van der Waals surface area contributed by atoms with Gasteiger partial charge in [-0.15, -0.1) is 0 Å². The normalized spacial score (nSPS) is 11.8. The van der Waals surface area contributed by atoms with Crippen LogP contribution in [-0.2, 0) is 4.79 Å². The number of anilines is 1. The molecular weight excluding hydrogens is 324 g/mol. The number of hydrogen-bond donors (Lipinski definition) is 3. The van der Waals surface area contributed by atoms with E-state index in [0.717, 1.165) is 15.6 Å². The van der Waals surface area contributed by atoms with Crippen molar-refractivity contribution in [2.75, 3.05) is 11.9 Å². The van der Waals surface area contributed by atoms with Gasteiger partial charge in [0.2, 0.25) is 0 Å². The third kappa shape index (κ3) is 5.21. The Morgan fingerprint density at radius 2 is 1.85 bits per heavy atom. The maximum absolute atomic E-state index is 11.7. The van der Waals surface area contributed by atoms with Crippen LogP contribution in [0.25, 0.3) is 0 Å². The van der Waals surface area contributed by atoms with E-state index >= 15 is 0 Å². The molecule has 0 heterocycles. The highest BCUT2D eigenvalue weighted by Gasteiger charge is 2.10. The standard InChI is InChI=1S/C14H19BrN2O3/c1-8(4-12(18)19)7-16-14(20)17-11-5-9(2)13(15)10(3)6-11/h5-6,8H,4,7H2,1-3H3,(H,18,19)(H2,16,17,20). The van der Waals surface area contributed by atoms with Gasteiger partial charge >= 0.3 is 12.0 Å². The Labute approximate surface area is 126 Å². The minimum absolute atomic E-state index is 0.0385. The average molecular weight is 343 g/mol. The molecule has 1 atom stereocenters. The molecule has 0 aliphatic rings. The van der Waals surface area contributed by atoms with Crippen molar-refractivity contribution >= 4 is 33.6 Å². The quantitative estimate of drug-likeness (QED) is 0.768. The van der Waals surface area contributed by atoms with Crippen LogP contribution in [0.3, 0.4) is 0 Å². The van der Waals surface area contributed by atoms with Gasteiger partial charge in [-0.1, -0.05) is 22.9 Å². The van der Waals surface area contributed by atoms with Crippen molar-refractivity contribution in [3.05, 3.63) is 27.7 Å². The average Bonchev–Trinajstić information content (AvgIpc) is 2.32. The molecule has 0 aliphatic heterocycles. The van der Waals surface area contributed by atoms with Crippen molar-refractivity contribution in [2.24, 2.45) is 5.92 Å². The summed E-state index contributed by atoms with van der Waals surface area (Å²) in [6.45, 7) is 6.01. The second kappa shape index (κ2) is 7.28. The van der Waals surface area contributed by atoms with Crippen molar-refractivity contribution in [1.29, 1.82) is 0 Å². The lowest BCUT2D eigenvalue weighted by Gasteiger charge is -2.13. The van der Waals surface area contributed by atoms with Crippen LogP contribution in [-0.4, -0.2) is 23.7 Å². The number of carbonyl (C=O) groups excluding carboxylic acids is 1. The number of benzene rings is 1. The van der Waals surface area contributed by atoms with Gasteiger partial charge in [0.05, 0.1) is 0 Å². The third-order valence-corrected chi connectivity index (χ3v) is 4.08. The predicted molar refractivity (Wildman–Crippen MR) is 82.1 cm³/mol. The molecular formula is C14H19BrN2O3. The van der Waals surface area contributed by atoms with Crippen LogP contribution in [0.4, 0.5) is 10.5 Å². The van der Waals surface area contributed by atoms with Crippen LogP contribution in [0.5, 0.6) is 0 Å². The van der Waals surface area contributed by atoms with E-state index in [2.05, 4.69) is 26.6 Å². The molecule has 0 saturated heterocycles. The van der Waals surface area contributed by atoms with Crippen LogP contribution < -0.4 is 10.6 Å². The molecule has 5 nitrogen and oxygen atoms in total. The molecule has 0 saturated carbocycles. The first-order chi connectivity index (χ1) is 9.29. The highest BCUT2D eigenvalue weighted by Crippen LogP contribution is 2.24. The summed E-state index contributed by atoms with van der Waals surface area (Å²) in [5, 5.41) is 14.0. The maximum Gasteiger partial charge on any atom is 0.319 e. The SMILES string of the molecule is Cc1cc(NC(=O)NCC(C)CC(=O)O)cc(C)c1Br. The maximum atomic E-state index is 11.7. The summed E-state index contributed by atoms with van der Waals surface area (Å²) in [6.07, 6.45) is 0.0385. The van der Waals surface area contributed by atoms with Gasteiger partial charge in [-0.05, 0) is 43.0 Å². The smallest absolute Gasteiger partial charge is 0.319 e. The summed E-state index contributed by atoms with van der Waals surface area (Å²) in [7, 11) is 0. The third-order valence-electron chi connectivity index (χ3n) is 2.83. The van der Waals surface area contributed by atoms with E-state index in [0.29, 0.717) is 12.2 Å². The fraction of sp³-hybridized carbons (Fsp3) is 0.429. The van der Waals surface area contributed by atoms with Crippen LogP contribution in [0.15, 0.2) is 16.6 Å². The van der Waals surface area contributed by atoms with Crippen molar-refractivity contribution in [3.8, 4) is 0 Å². The summed E-state index contributed by atoms with van der Waals surface area (Å²) < 4.78 is 1.03. The fourth-order valence-electron chi connectivity index (χ4n) is 1.83. The van der Waals surface area contributed by atoms with Crippen molar-refractivity contribution < 1.29 is 14.7 Å². The Morgan fingerprint density at radius 1 is 1.30 bits per heavy atom. The lowest BCUT2D eigenvalue weighted by Crippen LogP contribution is -2.33. The van der Waals surface area contributed by atoms with E-state index in [1.807, 2.05) is 26.0 Å². The highest BCUT2D eigenvalue weighted by molar-refractivity contribution is 9.10. The fourth-order valence-corrected chi connectivity index (χ4v) is 2.06. The number of urea groups is 1. The molecule has 0 fully saturated rings. The number of aliphatic carboxylic acids is 1. The van der Waals surface area contributed by atoms with E-state index in [-0.39, 0.29) is 18.4 Å². The van der Waals surface area contributed by atoms with E-state index in [1.54, 1.807) is 6.92 Å². The number of nitrogens with one attached hydrogen (secondary N) is 2. The van der Waals surface area contributed by atoms with E-state index in [9.17, 15) is 9.59 Å². The Balaban J connectivity index is 2.53. The van der Waals surface area contributed by atoms with E-state index in [1.165, 1.54) is 0 Å². The summed E-state index contributed by atoms with van der Waals surface area (Å²) in [6, 6.07) is 3.41. The van der Waals surface area contributed by atoms with Gasteiger partial charge in [-0.25, -0.2) is 4.79 Å². The number of aryl methyl sites for hydroxylation is 2. The molecule has 0 bridgehead atoms. The number of halogens is 1. The zero-order valence-corrected chi connectivity index (χ0v) is 13.4. The van der Waals surface area contributed by atoms with Crippen molar-refractivity contribution in [2.45, 2.75) is 27.2 Å². The lowest BCUT2D eigenvalue weighted by molar-refractivity contribution is -0.137. The van der Waals surface area contributed by atoms with Crippen LogP contribution in [0.1, 0.15) is 24.5 Å². The van der Waals surface area contributed by atoms with E-state index < -0.39 is 5.97 Å². The van der Waals surface area contributed by atoms with Crippen molar-refractivity contribution in [1.82, 2.24) is 5.32 Å². The Hall–Kier alpha value is -1.56. The van der Waals surface area contributed by atoms with Gasteiger partial charge in [0.25, 0.3) is 0 Å². The lowest BCUT2D eigenvalue weighted by atomic mass is 10.1. The first-order valence-corrected chi connectivity index (χ1v) is 7.12. The molecule has 0 aromatic heterocycles. The second-order valence-electron chi connectivity index (χ2n) is 4.96. The molecule has 0 spiro atoms. The highest BCUT2D eigenvalue weighted by atomic mass is 79.9. The minimum atomic E-state index is -0.862. The van der Waals surface area contributed by atoms with Gasteiger partial charge in [0.1, 0.15) is 0 Å². The number of carboxylic acid groups (broad SMARTS) is 1. The summed E-state index contributed by atoms with van der Waals surface area (Å²) >= 11 is 3.47. The Bertz CT molecular complexity index is 494. The molecule has 6 heteroatoms. The zero-order valence-electron chi connectivity index (χ0n) is 11.8. The van der Waals surface area contributed by atoms with Gasteiger partial charge in [-0.3, -0.25) is 4.79 Å². The van der Waals surface area contributed by atoms with E-state index in [4.69, 9.17) is 5.11 Å². The van der Waals surface area contributed by atoms with Gasteiger partial charge in [-0.2, -0.15) is 0 Å². The summed E-state index contributed by atoms with van der Waals surface area (Å²) in [5.74, 6) is -0.967. The molecule has 2 amide bonds. The molecule has 1 unspecified atom stereocenters. The first kappa shape index (κ1) is 16.5. The summed E-state index contributed by atoms with van der Waals surface area (Å²) in [4.78, 5) is 22.2. The molecule has 0 radical (unpaired) electrons. The molecule has 1 aromatic rings. The molecule has 20 heavy (non-hydrogen) atoms. The molecule has 1 aromatic carbocycles. The van der Waals surface area contributed by atoms with Crippen LogP contribution in [0.2, 0.25) is 0 Å². The number of rotatable bonds is 5. The van der Waals surface area contributed by atoms with Gasteiger partial charge in [0.15, 0.2) is 0 Å². The number of carboxylic acids is 1. The van der Waals surface area contributed by atoms with Crippen LogP contribution >= 0.6 is 15.9 Å². The van der Waals surface area contributed by atoms with Crippen molar-refractivity contribution in [3.63, 3.8) is 0 Å². The van der Waals surface area contributed by atoms with Crippen LogP contribution in [0, 0.1) is 19.8 Å². The Kier molecular flexibility index (Phi) is 6.01. The van der Waals surface area contributed by atoms with Gasteiger partial charge in [0, 0.05) is 23.1 Å². The largest absolute Gasteiger partial charge is 0.481 e. The number of carbonyl (C=O) groups is 2. The molecule has 0 aliphatic carbocycles. The molecule has 110 valence electrons. The predicted octanol–water partition coefficient (Wildman–Crippen LogP) is 3.30. The zero-order chi connectivity index (χ0) is 15.3. The second-order valence-corrected chi connectivity index (χ2v) is 5.76. The minimum Gasteiger partial charge on any atom is -0.481 e.